The molecule has 0 aromatic heterocycles. The van der Waals surface area contributed by atoms with Gasteiger partial charge in [-0.05, 0) is 52.5 Å². The van der Waals surface area contributed by atoms with Crippen LogP contribution in [-0.4, -0.2) is 29.7 Å². The zero-order valence-electron chi connectivity index (χ0n) is 14.3. The number of carbonyl (C=O) groups excluding carboxylic acids is 1. The van der Waals surface area contributed by atoms with Gasteiger partial charge < -0.3 is 9.64 Å². The van der Waals surface area contributed by atoms with Gasteiger partial charge in [0.25, 0.3) is 0 Å². The fourth-order valence-electron chi connectivity index (χ4n) is 2.40. The number of unbranched alkanes of at least 4 members (excludes halogenated alkanes) is 2. The van der Waals surface area contributed by atoms with Crippen molar-refractivity contribution in [3.63, 3.8) is 0 Å². The first-order chi connectivity index (χ1) is 10.5. The number of rotatable bonds is 8. The fraction of sp³-hybridized carbons (Fsp3) is 0.526. The number of nitrogens with zero attached hydrogens (tertiary/aromatic N) is 1. The van der Waals surface area contributed by atoms with E-state index in [-0.39, 0.29) is 18.2 Å². The zero-order chi connectivity index (χ0) is 16.4. The van der Waals surface area contributed by atoms with Crippen molar-refractivity contribution in [1.29, 1.82) is 0 Å². The van der Waals surface area contributed by atoms with Gasteiger partial charge in [0.2, 0.25) is 0 Å². The van der Waals surface area contributed by atoms with Crippen molar-refractivity contribution in [1.82, 2.24) is 4.90 Å². The van der Waals surface area contributed by atoms with Gasteiger partial charge in [0.1, 0.15) is 0 Å². The number of hydrogen-bond donors (Lipinski definition) is 0. The minimum atomic E-state index is -0.204. The Hall–Kier alpha value is -1.77. The summed E-state index contributed by atoms with van der Waals surface area (Å²) in [5.41, 5.74) is 1.22. The summed E-state index contributed by atoms with van der Waals surface area (Å²) in [6.45, 7) is 8.53. The molecule has 0 N–H and O–H groups in total. The van der Waals surface area contributed by atoms with E-state index in [4.69, 9.17) is 4.74 Å². The van der Waals surface area contributed by atoms with Crippen molar-refractivity contribution >= 4 is 12.2 Å². The summed E-state index contributed by atoms with van der Waals surface area (Å²) in [4.78, 5) is 13.8. The highest BCUT2D eigenvalue weighted by Gasteiger charge is 2.20. The first-order valence-electron chi connectivity index (χ1n) is 8.19. The SMILES string of the molecule is CC(C)N(C(=O)OCCCC/C=C/c1ccccc1)C(C)C. The van der Waals surface area contributed by atoms with Crippen LogP contribution in [0.5, 0.6) is 0 Å². The van der Waals surface area contributed by atoms with Gasteiger partial charge in [-0.1, -0.05) is 42.5 Å². The number of carbonyl (C=O) groups is 1. The summed E-state index contributed by atoms with van der Waals surface area (Å²) in [5, 5.41) is 0. The normalized spacial score (nSPS) is 11.4. The van der Waals surface area contributed by atoms with E-state index in [0.717, 1.165) is 19.3 Å². The Balaban J connectivity index is 2.17. The van der Waals surface area contributed by atoms with Crippen molar-refractivity contribution in [2.24, 2.45) is 0 Å². The molecule has 3 nitrogen and oxygen atoms in total. The minimum absolute atomic E-state index is 0.168. The van der Waals surface area contributed by atoms with Gasteiger partial charge in [0.15, 0.2) is 0 Å². The van der Waals surface area contributed by atoms with Crippen LogP contribution < -0.4 is 0 Å². The molecule has 0 aliphatic carbocycles. The maximum absolute atomic E-state index is 12.0. The molecule has 0 aliphatic rings. The van der Waals surface area contributed by atoms with Gasteiger partial charge in [-0.3, -0.25) is 0 Å². The van der Waals surface area contributed by atoms with Crippen LogP contribution in [0, 0.1) is 0 Å². The molecule has 3 heteroatoms. The Kier molecular flexibility index (Phi) is 8.34. The van der Waals surface area contributed by atoms with Crippen LogP contribution in [-0.2, 0) is 4.74 Å². The lowest BCUT2D eigenvalue weighted by molar-refractivity contribution is 0.0780. The third kappa shape index (κ3) is 6.79. The second-order valence-corrected chi connectivity index (χ2v) is 6.02. The van der Waals surface area contributed by atoms with Gasteiger partial charge >= 0.3 is 6.09 Å². The lowest BCUT2D eigenvalue weighted by atomic mass is 10.2. The molecule has 1 aromatic carbocycles. The monoisotopic (exact) mass is 303 g/mol. The Morgan fingerprint density at radius 1 is 1.09 bits per heavy atom. The molecule has 1 rings (SSSR count). The zero-order valence-corrected chi connectivity index (χ0v) is 14.3. The molecule has 0 unspecified atom stereocenters. The van der Waals surface area contributed by atoms with Crippen molar-refractivity contribution in [3.8, 4) is 0 Å². The average Bonchev–Trinajstić information content (AvgIpc) is 2.46. The summed E-state index contributed by atoms with van der Waals surface area (Å²) in [6.07, 6.45) is 7.03. The smallest absolute Gasteiger partial charge is 0.410 e. The number of benzene rings is 1. The van der Waals surface area contributed by atoms with E-state index in [1.807, 2.05) is 45.9 Å². The Labute approximate surface area is 135 Å². The van der Waals surface area contributed by atoms with Crippen molar-refractivity contribution < 1.29 is 9.53 Å². The number of ether oxygens (including phenoxy) is 1. The summed E-state index contributed by atoms with van der Waals surface area (Å²) < 4.78 is 5.35. The standard InChI is InChI=1S/C19H29NO2/c1-16(2)20(17(3)4)19(21)22-15-11-6-5-8-12-18-13-9-7-10-14-18/h7-10,12-14,16-17H,5-6,11,15H2,1-4H3/b12-8+. The van der Waals surface area contributed by atoms with Gasteiger partial charge in [-0.25, -0.2) is 4.79 Å². The third-order valence-corrected chi connectivity index (χ3v) is 3.42. The minimum Gasteiger partial charge on any atom is -0.449 e. The third-order valence-electron chi connectivity index (χ3n) is 3.42. The molecule has 0 bridgehead atoms. The second kappa shape index (κ2) is 10.0. The number of hydrogen-bond acceptors (Lipinski definition) is 2. The maximum Gasteiger partial charge on any atom is 0.410 e. The van der Waals surface area contributed by atoms with Gasteiger partial charge in [0.05, 0.1) is 6.61 Å². The molecule has 122 valence electrons. The van der Waals surface area contributed by atoms with Crippen LogP contribution in [0.4, 0.5) is 4.79 Å². The van der Waals surface area contributed by atoms with Gasteiger partial charge in [-0.2, -0.15) is 0 Å². The fourth-order valence-corrected chi connectivity index (χ4v) is 2.40. The van der Waals surface area contributed by atoms with E-state index in [1.54, 1.807) is 4.90 Å². The first kappa shape index (κ1) is 18.3. The lowest BCUT2D eigenvalue weighted by Crippen LogP contribution is -2.42. The molecule has 0 heterocycles. The molecule has 22 heavy (non-hydrogen) atoms. The molecule has 0 spiro atoms. The Morgan fingerprint density at radius 2 is 1.73 bits per heavy atom. The Morgan fingerprint density at radius 3 is 2.32 bits per heavy atom. The lowest BCUT2D eigenvalue weighted by Gasteiger charge is -2.29. The van der Waals surface area contributed by atoms with Gasteiger partial charge in [0, 0.05) is 12.1 Å². The number of amides is 1. The van der Waals surface area contributed by atoms with Crippen molar-refractivity contribution in [3.05, 3.63) is 42.0 Å². The highest BCUT2D eigenvalue weighted by Crippen LogP contribution is 2.09. The summed E-state index contributed by atoms with van der Waals surface area (Å²) >= 11 is 0. The molecule has 0 atom stereocenters. The average molecular weight is 303 g/mol. The largest absolute Gasteiger partial charge is 0.449 e. The van der Waals surface area contributed by atoms with E-state index in [0.29, 0.717) is 6.61 Å². The molecule has 0 fully saturated rings. The van der Waals surface area contributed by atoms with E-state index < -0.39 is 0 Å². The molecule has 1 amide bonds. The first-order valence-corrected chi connectivity index (χ1v) is 8.19. The summed E-state index contributed by atoms with van der Waals surface area (Å²) in [7, 11) is 0. The molecule has 1 aromatic rings. The summed E-state index contributed by atoms with van der Waals surface area (Å²) in [5.74, 6) is 0. The molecule has 0 radical (unpaired) electrons. The van der Waals surface area contributed by atoms with Crippen LogP contribution in [0.25, 0.3) is 6.08 Å². The molecule has 0 aliphatic heterocycles. The quantitative estimate of drug-likeness (QED) is 0.623. The molecular formula is C19H29NO2. The van der Waals surface area contributed by atoms with Crippen LogP contribution >= 0.6 is 0 Å². The van der Waals surface area contributed by atoms with Crippen LogP contribution in [0.2, 0.25) is 0 Å². The molecule has 0 saturated carbocycles. The van der Waals surface area contributed by atoms with E-state index >= 15 is 0 Å². The van der Waals surface area contributed by atoms with Crippen LogP contribution in [0.1, 0.15) is 52.5 Å². The predicted molar refractivity (Wildman–Crippen MR) is 92.8 cm³/mol. The molecule has 0 saturated heterocycles. The van der Waals surface area contributed by atoms with Gasteiger partial charge in [-0.15, -0.1) is 0 Å². The van der Waals surface area contributed by atoms with Crippen molar-refractivity contribution in [2.45, 2.75) is 59.0 Å². The van der Waals surface area contributed by atoms with E-state index in [2.05, 4.69) is 24.3 Å². The predicted octanol–water partition coefficient (Wildman–Crippen LogP) is 5.13. The van der Waals surface area contributed by atoms with Crippen LogP contribution in [0.15, 0.2) is 36.4 Å². The summed E-state index contributed by atoms with van der Waals surface area (Å²) in [6, 6.07) is 10.6. The van der Waals surface area contributed by atoms with Crippen molar-refractivity contribution in [2.75, 3.05) is 6.61 Å². The number of allylic oxidation sites excluding steroid dienone is 1. The highest BCUT2D eigenvalue weighted by atomic mass is 16.6. The Bertz CT molecular complexity index is 444. The van der Waals surface area contributed by atoms with Crippen LogP contribution in [0.3, 0.4) is 0 Å². The van der Waals surface area contributed by atoms with E-state index in [1.165, 1.54) is 5.56 Å². The maximum atomic E-state index is 12.0. The molecular weight excluding hydrogens is 274 g/mol. The second-order valence-electron chi connectivity index (χ2n) is 6.02. The topological polar surface area (TPSA) is 29.5 Å². The van der Waals surface area contributed by atoms with E-state index in [9.17, 15) is 4.79 Å². The highest BCUT2D eigenvalue weighted by molar-refractivity contribution is 5.68.